The second-order valence-electron chi connectivity index (χ2n) is 4.09. The predicted octanol–water partition coefficient (Wildman–Crippen LogP) is 2.03. The van der Waals surface area contributed by atoms with Gasteiger partial charge in [-0.05, 0) is 43.3 Å². The molecule has 0 spiro atoms. The molecule has 0 aliphatic rings. The van der Waals surface area contributed by atoms with Crippen LogP contribution in [0.5, 0.6) is 11.5 Å². The third-order valence-electron chi connectivity index (χ3n) is 2.56. The first-order valence-corrected chi connectivity index (χ1v) is 5.78. The summed E-state index contributed by atoms with van der Waals surface area (Å²) in [6.45, 7) is 1.64. The van der Waals surface area contributed by atoms with E-state index >= 15 is 0 Å². The van der Waals surface area contributed by atoms with E-state index in [9.17, 15) is 9.90 Å². The number of aromatic nitrogens is 1. The number of pyridine rings is 1. The van der Waals surface area contributed by atoms with Gasteiger partial charge in [-0.25, -0.2) is 0 Å². The summed E-state index contributed by atoms with van der Waals surface area (Å²) >= 11 is 0. The van der Waals surface area contributed by atoms with Gasteiger partial charge in [0.25, 0.3) is 0 Å². The molecule has 0 radical (unpaired) electrons. The third-order valence-corrected chi connectivity index (χ3v) is 2.56. The van der Waals surface area contributed by atoms with Crippen molar-refractivity contribution in [2.75, 3.05) is 0 Å². The minimum Gasteiger partial charge on any atom is -0.456 e. The second-order valence-corrected chi connectivity index (χ2v) is 4.09. The highest BCUT2D eigenvalue weighted by Gasteiger charge is 2.04. The lowest BCUT2D eigenvalue weighted by molar-refractivity contribution is 0.100. The summed E-state index contributed by atoms with van der Waals surface area (Å²) in [6, 6.07) is 9.91. The number of hydrogen-bond acceptors (Lipinski definition) is 4. The Labute approximate surface area is 110 Å². The second kappa shape index (κ2) is 5.49. The SMILES string of the molecule is C[C@@H](O)c1ccc(Oc2ccc(C(N)=O)cc2)cn1. The molecule has 5 nitrogen and oxygen atoms in total. The van der Waals surface area contributed by atoms with Crippen LogP contribution in [0.1, 0.15) is 29.1 Å². The van der Waals surface area contributed by atoms with Crippen LogP contribution in [0.3, 0.4) is 0 Å². The summed E-state index contributed by atoms with van der Waals surface area (Å²) in [4.78, 5) is 15.0. The van der Waals surface area contributed by atoms with Gasteiger partial charge < -0.3 is 15.6 Å². The smallest absolute Gasteiger partial charge is 0.248 e. The van der Waals surface area contributed by atoms with Crippen molar-refractivity contribution in [3.05, 3.63) is 53.9 Å². The zero-order valence-corrected chi connectivity index (χ0v) is 10.4. The molecule has 2 rings (SSSR count). The summed E-state index contributed by atoms with van der Waals surface area (Å²) in [5, 5.41) is 9.34. The predicted molar refractivity (Wildman–Crippen MR) is 69.9 cm³/mol. The molecule has 0 saturated carbocycles. The molecule has 0 fully saturated rings. The van der Waals surface area contributed by atoms with E-state index in [0.717, 1.165) is 0 Å². The van der Waals surface area contributed by atoms with Gasteiger partial charge in [0.05, 0.1) is 18.0 Å². The molecule has 19 heavy (non-hydrogen) atoms. The summed E-state index contributed by atoms with van der Waals surface area (Å²) in [5.74, 6) is 0.655. The number of amides is 1. The van der Waals surface area contributed by atoms with Crippen molar-refractivity contribution in [1.82, 2.24) is 4.98 Å². The Kier molecular flexibility index (Phi) is 3.77. The standard InChI is InChI=1S/C14H14N2O3/c1-9(17)13-7-6-12(8-16-13)19-11-4-2-10(3-5-11)14(15)18/h2-9,17H,1H3,(H2,15,18)/t9-/m1/s1. The van der Waals surface area contributed by atoms with Gasteiger partial charge in [0.15, 0.2) is 0 Å². The number of aliphatic hydroxyl groups excluding tert-OH is 1. The number of carbonyl (C=O) groups is 1. The van der Waals surface area contributed by atoms with Crippen molar-refractivity contribution in [3.63, 3.8) is 0 Å². The van der Waals surface area contributed by atoms with Crippen LogP contribution in [-0.4, -0.2) is 16.0 Å². The van der Waals surface area contributed by atoms with Crippen LogP contribution in [0.15, 0.2) is 42.6 Å². The molecule has 0 bridgehead atoms. The summed E-state index contributed by atoms with van der Waals surface area (Å²) in [5.41, 5.74) is 6.15. The van der Waals surface area contributed by atoms with E-state index in [0.29, 0.717) is 22.8 Å². The number of nitrogens with zero attached hydrogens (tertiary/aromatic N) is 1. The van der Waals surface area contributed by atoms with Crippen LogP contribution in [0, 0.1) is 0 Å². The van der Waals surface area contributed by atoms with Gasteiger partial charge >= 0.3 is 0 Å². The fourth-order valence-corrected chi connectivity index (χ4v) is 1.52. The minimum atomic E-state index is -0.607. The fourth-order valence-electron chi connectivity index (χ4n) is 1.52. The molecular weight excluding hydrogens is 244 g/mol. The maximum Gasteiger partial charge on any atom is 0.248 e. The minimum absolute atomic E-state index is 0.426. The van der Waals surface area contributed by atoms with Gasteiger partial charge in [-0.1, -0.05) is 0 Å². The van der Waals surface area contributed by atoms with E-state index in [1.54, 1.807) is 43.3 Å². The average molecular weight is 258 g/mol. The van der Waals surface area contributed by atoms with E-state index < -0.39 is 12.0 Å². The Morgan fingerprint density at radius 1 is 1.21 bits per heavy atom. The number of carbonyl (C=O) groups excluding carboxylic acids is 1. The lowest BCUT2D eigenvalue weighted by Gasteiger charge is -2.07. The fraction of sp³-hybridized carbons (Fsp3) is 0.143. The first kappa shape index (κ1) is 13.0. The highest BCUT2D eigenvalue weighted by Crippen LogP contribution is 2.22. The zero-order valence-electron chi connectivity index (χ0n) is 10.4. The lowest BCUT2D eigenvalue weighted by Crippen LogP contribution is -2.10. The Bertz CT molecular complexity index is 562. The number of hydrogen-bond donors (Lipinski definition) is 2. The molecular formula is C14H14N2O3. The molecule has 1 aromatic carbocycles. The van der Waals surface area contributed by atoms with Crippen molar-refractivity contribution in [1.29, 1.82) is 0 Å². The van der Waals surface area contributed by atoms with Crippen LogP contribution in [0.2, 0.25) is 0 Å². The lowest BCUT2D eigenvalue weighted by atomic mass is 10.2. The molecule has 5 heteroatoms. The van der Waals surface area contributed by atoms with Crippen LogP contribution >= 0.6 is 0 Å². The number of ether oxygens (including phenoxy) is 1. The van der Waals surface area contributed by atoms with Crippen molar-refractivity contribution >= 4 is 5.91 Å². The molecule has 3 N–H and O–H groups in total. The van der Waals surface area contributed by atoms with E-state index in [2.05, 4.69) is 4.98 Å². The van der Waals surface area contributed by atoms with Crippen LogP contribution < -0.4 is 10.5 Å². The summed E-state index contributed by atoms with van der Waals surface area (Å²) in [6.07, 6.45) is 0.924. The number of nitrogens with two attached hydrogens (primary N) is 1. The number of primary amides is 1. The van der Waals surface area contributed by atoms with E-state index in [1.807, 2.05) is 0 Å². The van der Waals surface area contributed by atoms with Crippen molar-refractivity contribution in [2.45, 2.75) is 13.0 Å². The first-order valence-electron chi connectivity index (χ1n) is 5.78. The van der Waals surface area contributed by atoms with Crippen LogP contribution in [0.4, 0.5) is 0 Å². The topological polar surface area (TPSA) is 85.4 Å². The van der Waals surface area contributed by atoms with E-state index in [-0.39, 0.29) is 0 Å². The van der Waals surface area contributed by atoms with Crippen LogP contribution in [0.25, 0.3) is 0 Å². The van der Waals surface area contributed by atoms with E-state index in [1.165, 1.54) is 6.20 Å². The van der Waals surface area contributed by atoms with Gasteiger partial charge in [-0.15, -0.1) is 0 Å². The van der Waals surface area contributed by atoms with Gasteiger partial charge in [0.1, 0.15) is 11.5 Å². The Morgan fingerprint density at radius 3 is 2.32 bits per heavy atom. The molecule has 1 heterocycles. The zero-order chi connectivity index (χ0) is 13.8. The largest absolute Gasteiger partial charge is 0.456 e. The molecule has 0 aliphatic carbocycles. The van der Waals surface area contributed by atoms with Crippen LogP contribution in [-0.2, 0) is 0 Å². The Balaban J connectivity index is 2.10. The molecule has 0 unspecified atom stereocenters. The van der Waals surface area contributed by atoms with Gasteiger partial charge in [-0.3, -0.25) is 9.78 Å². The van der Waals surface area contributed by atoms with Crippen molar-refractivity contribution in [2.24, 2.45) is 5.73 Å². The van der Waals surface area contributed by atoms with Gasteiger partial charge in [0, 0.05) is 5.56 Å². The molecule has 1 amide bonds. The summed E-state index contributed by atoms with van der Waals surface area (Å²) < 4.78 is 5.55. The number of aliphatic hydroxyl groups is 1. The number of benzene rings is 1. The molecule has 0 saturated heterocycles. The Hall–Kier alpha value is -2.40. The first-order chi connectivity index (χ1) is 9.06. The van der Waals surface area contributed by atoms with Gasteiger partial charge in [-0.2, -0.15) is 0 Å². The van der Waals surface area contributed by atoms with Crippen molar-refractivity contribution < 1.29 is 14.6 Å². The molecule has 0 aliphatic heterocycles. The quantitative estimate of drug-likeness (QED) is 0.878. The van der Waals surface area contributed by atoms with E-state index in [4.69, 9.17) is 10.5 Å². The molecule has 1 aromatic heterocycles. The monoisotopic (exact) mass is 258 g/mol. The molecule has 1 atom stereocenters. The number of rotatable bonds is 4. The summed E-state index contributed by atoms with van der Waals surface area (Å²) in [7, 11) is 0. The highest BCUT2D eigenvalue weighted by molar-refractivity contribution is 5.92. The average Bonchev–Trinajstić information content (AvgIpc) is 2.40. The van der Waals surface area contributed by atoms with Crippen molar-refractivity contribution in [3.8, 4) is 11.5 Å². The Morgan fingerprint density at radius 2 is 1.84 bits per heavy atom. The highest BCUT2D eigenvalue weighted by atomic mass is 16.5. The van der Waals surface area contributed by atoms with Gasteiger partial charge in [0.2, 0.25) is 5.91 Å². The molecule has 2 aromatic rings. The maximum absolute atomic E-state index is 10.9. The third kappa shape index (κ3) is 3.29. The molecule has 98 valence electrons. The maximum atomic E-state index is 10.9. The normalized spacial score (nSPS) is 11.9.